The highest BCUT2D eigenvalue weighted by Crippen LogP contribution is 2.44. The third kappa shape index (κ3) is 5.40. The summed E-state index contributed by atoms with van der Waals surface area (Å²) in [6, 6.07) is 17.6. The number of pyridine rings is 1. The van der Waals surface area contributed by atoms with Gasteiger partial charge in [0, 0.05) is 44.3 Å². The first-order chi connectivity index (χ1) is 15.4. The van der Waals surface area contributed by atoms with Crippen LogP contribution < -0.4 is 4.90 Å². The Kier molecular flexibility index (Phi) is 6.97. The Morgan fingerprint density at radius 2 is 1.50 bits per heavy atom. The van der Waals surface area contributed by atoms with Crippen molar-refractivity contribution in [2.45, 2.75) is 6.92 Å². The number of hydrogen-bond donors (Lipinski definition) is 0. The zero-order valence-electron chi connectivity index (χ0n) is 19.2. The predicted molar refractivity (Wildman–Crippen MR) is 139 cm³/mol. The second kappa shape index (κ2) is 9.88. The Balaban J connectivity index is 1.42. The van der Waals surface area contributed by atoms with E-state index >= 15 is 0 Å². The number of halogens is 1. The van der Waals surface area contributed by atoms with E-state index in [0.717, 1.165) is 48.4 Å². The maximum Gasteiger partial charge on any atom is 0.124 e. The van der Waals surface area contributed by atoms with E-state index in [-0.39, 0.29) is 5.82 Å². The number of rotatable bonds is 6. The maximum atomic E-state index is 14.2. The Hall–Kier alpha value is -2.63. The van der Waals surface area contributed by atoms with Crippen molar-refractivity contribution in [3.8, 4) is 11.1 Å². The van der Waals surface area contributed by atoms with Gasteiger partial charge in [-0.3, -0.25) is 9.29 Å². The first-order valence-corrected chi connectivity index (χ1v) is 13.7. The molecule has 0 unspecified atom stereocenters. The fraction of sp³-hybridized carbons (Fsp3) is 0.296. The highest BCUT2D eigenvalue weighted by atomic mass is 32.3. The number of nitrogens with zero attached hydrogens (tertiary/aromatic N) is 3. The third-order valence-electron chi connectivity index (χ3n) is 6.30. The molecule has 2 heterocycles. The molecule has 3 aromatic rings. The second-order valence-corrected chi connectivity index (χ2v) is 12.7. The van der Waals surface area contributed by atoms with Gasteiger partial charge in [-0.2, -0.15) is 10.2 Å². The van der Waals surface area contributed by atoms with E-state index in [1.807, 2.05) is 30.4 Å². The molecule has 0 amide bonds. The summed E-state index contributed by atoms with van der Waals surface area (Å²) in [6.45, 7) is 6.73. The molecule has 0 atom stereocenters. The molecule has 4 rings (SSSR count). The zero-order chi connectivity index (χ0) is 22.6. The molecular weight excluding hydrogens is 417 g/mol. The topological polar surface area (TPSA) is 19.4 Å². The van der Waals surface area contributed by atoms with E-state index in [0.29, 0.717) is 0 Å². The molecule has 1 saturated heterocycles. The lowest BCUT2D eigenvalue weighted by Crippen LogP contribution is -2.47. The van der Waals surface area contributed by atoms with Crippen LogP contribution in [0.3, 0.4) is 0 Å². The molecule has 0 saturated carbocycles. The minimum absolute atomic E-state index is 0.235. The molecule has 0 bridgehead atoms. The number of benzene rings is 2. The van der Waals surface area contributed by atoms with Crippen molar-refractivity contribution in [1.82, 2.24) is 9.29 Å². The molecule has 2 aromatic carbocycles. The summed E-state index contributed by atoms with van der Waals surface area (Å²) in [4.78, 5) is 6.51. The molecule has 168 valence electrons. The molecule has 32 heavy (non-hydrogen) atoms. The molecule has 0 aliphatic carbocycles. The standard InChI is InChI=1S/C27H32FN3S/c1-4-32(2,3)31-17-15-30(16-18-31)27-9-7-22(8-10-27)5-6-23-19-25(21-26(28)20-23)24-11-13-29-14-12-24/h5-14,19-21H,4,15-18H2,1-3H3. The van der Waals surface area contributed by atoms with Gasteiger partial charge in [-0.05, 0) is 83.0 Å². The molecule has 5 heteroatoms. The van der Waals surface area contributed by atoms with Gasteiger partial charge in [0.1, 0.15) is 5.82 Å². The van der Waals surface area contributed by atoms with E-state index in [1.54, 1.807) is 24.5 Å². The average molecular weight is 450 g/mol. The highest BCUT2D eigenvalue weighted by molar-refractivity contribution is 8.30. The van der Waals surface area contributed by atoms with Crippen LogP contribution in [0.25, 0.3) is 23.3 Å². The van der Waals surface area contributed by atoms with Gasteiger partial charge in [-0.15, -0.1) is 0 Å². The third-order valence-corrected chi connectivity index (χ3v) is 9.48. The SMILES string of the molecule is CCS(C)(C)N1CCN(c2ccc(C=Cc3cc(F)cc(-c4ccncc4)c3)cc2)CC1. The van der Waals surface area contributed by atoms with Crippen molar-refractivity contribution in [3.05, 3.63) is 83.9 Å². The number of hydrogen-bond acceptors (Lipinski definition) is 3. The van der Waals surface area contributed by atoms with Crippen LogP contribution in [0.15, 0.2) is 67.0 Å². The van der Waals surface area contributed by atoms with Crippen LogP contribution in [-0.2, 0) is 0 Å². The molecule has 1 aromatic heterocycles. The van der Waals surface area contributed by atoms with Crippen molar-refractivity contribution >= 4 is 28.1 Å². The van der Waals surface area contributed by atoms with Crippen LogP contribution >= 0.6 is 10.2 Å². The quantitative estimate of drug-likeness (QED) is 0.419. The Morgan fingerprint density at radius 3 is 2.16 bits per heavy atom. The summed E-state index contributed by atoms with van der Waals surface area (Å²) < 4.78 is 16.8. The molecule has 1 aliphatic rings. The lowest BCUT2D eigenvalue weighted by Gasteiger charge is -2.47. The smallest absolute Gasteiger partial charge is 0.124 e. The summed E-state index contributed by atoms with van der Waals surface area (Å²) in [5, 5.41) is 0. The summed E-state index contributed by atoms with van der Waals surface area (Å²) in [5.41, 5.74) is 5.05. The van der Waals surface area contributed by atoms with Gasteiger partial charge >= 0.3 is 0 Å². The second-order valence-electron chi connectivity index (χ2n) is 8.62. The number of piperazine rings is 1. The monoisotopic (exact) mass is 449 g/mol. The van der Waals surface area contributed by atoms with Crippen molar-refractivity contribution in [2.24, 2.45) is 0 Å². The van der Waals surface area contributed by atoms with Crippen LogP contribution in [0.4, 0.5) is 10.1 Å². The molecule has 0 spiro atoms. The Morgan fingerprint density at radius 1 is 0.844 bits per heavy atom. The number of anilines is 1. The van der Waals surface area contributed by atoms with E-state index in [9.17, 15) is 4.39 Å². The summed E-state index contributed by atoms with van der Waals surface area (Å²) in [5.74, 6) is 1.02. The number of aromatic nitrogens is 1. The van der Waals surface area contributed by atoms with Gasteiger partial charge in [0.15, 0.2) is 0 Å². The lowest BCUT2D eigenvalue weighted by atomic mass is 10.0. The first-order valence-electron chi connectivity index (χ1n) is 11.1. The molecule has 0 N–H and O–H groups in total. The fourth-order valence-corrected chi connectivity index (χ4v) is 5.55. The van der Waals surface area contributed by atoms with Crippen LogP contribution in [0.2, 0.25) is 0 Å². The summed E-state index contributed by atoms with van der Waals surface area (Å²) in [6.07, 6.45) is 12.3. The van der Waals surface area contributed by atoms with Crippen LogP contribution in [0.1, 0.15) is 18.1 Å². The normalized spacial score (nSPS) is 15.9. The van der Waals surface area contributed by atoms with Crippen LogP contribution in [0.5, 0.6) is 0 Å². The Bertz CT molecular complexity index is 1060. The van der Waals surface area contributed by atoms with Crippen LogP contribution in [0, 0.1) is 5.82 Å². The largest absolute Gasteiger partial charge is 0.369 e. The van der Waals surface area contributed by atoms with E-state index in [2.05, 4.69) is 57.9 Å². The fourth-order valence-electron chi connectivity index (χ4n) is 4.03. The van der Waals surface area contributed by atoms with Crippen molar-refractivity contribution in [3.63, 3.8) is 0 Å². The summed E-state index contributed by atoms with van der Waals surface area (Å²) in [7, 11) is -0.624. The Labute approximate surface area is 193 Å². The average Bonchev–Trinajstić information content (AvgIpc) is 2.83. The van der Waals surface area contributed by atoms with Gasteiger partial charge < -0.3 is 4.90 Å². The van der Waals surface area contributed by atoms with Crippen molar-refractivity contribution in [1.29, 1.82) is 0 Å². The molecule has 1 fully saturated rings. The maximum absolute atomic E-state index is 14.2. The van der Waals surface area contributed by atoms with Crippen molar-refractivity contribution in [2.75, 3.05) is 49.3 Å². The lowest BCUT2D eigenvalue weighted by molar-refractivity contribution is 0.421. The molecular formula is C27H32FN3S. The minimum Gasteiger partial charge on any atom is -0.369 e. The minimum atomic E-state index is -0.624. The first kappa shape index (κ1) is 22.6. The van der Waals surface area contributed by atoms with Gasteiger partial charge in [0.2, 0.25) is 0 Å². The van der Waals surface area contributed by atoms with Gasteiger partial charge in [0.05, 0.1) is 0 Å². The molecule has 1 aliphatic heterocycles. The van der Waals surface area contributed by atoms with E-state index < -0.39 is 10.2 Å². The predicted octanol–water partition coefficient (Wildman–Crippen LogP) is 6.18. The molecule has 3 nitrogen and oxygen atoms in total. The van der Waals surface area contributed by atoms with Gasteiger partial charge in [-0.1, -0.05) is 31.2 Å². The van der Waals surface area contributed by atoms with Crippen LogP contribution in [-0.4, -0.2) is 53.7 Å². The van der Waals surface area contributed by atoms with E-state index in [4.69, 9.17) is 0 Å². The van der Waals surface area contributed by atoms with Gasteiger partial charge in [-0.25, -0.2) is 4.39 Å². The van der Waals surface area contributed by atoms with Crippen molar-refractivity contribution < 1.29 is 4.39 Å². The highest BCUT2D eigenvalue weighted by Gasteiger charge is 2.24. The van der Waals surface area contributed by atoms with E-state index in [1.165, 1.54) is 11.4 Å². The zero-order valence-corrected chi connectivity index (χ0v) is 20.0. The van der Waals surface area contributed by atoms with Gasteiger partial charge in [0.25, 0.3) is 0 Å². The molecule has 0 radical (unpaired) electrons. The summed E-state index contributed by atoms with van der Waals surface area (Å²) >= 11 is 0.